The van der Waals surface area contributed by atoms with E-state index in [4.69, 9.17) is 4.74 Å². The second kappa shape index (κ2) is 7.83. The fraction of sp³-hybridized carbons (Fsp3) is 0.300. The SMILES string of the molecule is Cc1c(C)c(C)c(C(=O)OCC(=O)Nc2ccc(Br)cc2)c(C)c1C. The van der Waals surface area contributed by atoms with E-state index in [1.165, 1.54) is 5.56 Å². The number of ether oxygens (including phenoxy) is 1. The molecule has 0 saturated heterocycles. The highest BCUT2D eigenvalue weighted by molar-refractivity contribution is 9.10. The lowest BCUT2D eigenvalue weighted by Crippen LogP contribution is -2.22. The highest BCUT2D eigenvalue weighted by Crippen LogP contribution is 2.26. The first-order chi connectivity index (χ1) is 11.7. The Bertz CT molecular complexity index is 797. The zero-order chi connectivity index (χ0) is 18.7. The van der Waals surface area contributed by atoms with Crippen molar-refractivity contribution in [3.8, 4) is 0 Å². The number of hydrogen-bond donors (Lipinski definition) is 1. The van der Waals surface area contributed by atoms with E-state index >= 15 is 0 Å². The van der Waals surface area contributed by atoms with Gasteiger partial charge in [-0.2, -0.15) is 0 Å². The van der Waals surface area contributed by atoms with Crippen LogP contribution in [0.25, 0.3) is 0 Å². The number of amides is 1. The van der Waals surface area contributed by atoms with Crippen molar-refractivity contribution < 1.29 is 14.3 Å². The molecule has 0 spiro atoms. The van der Waals surface area contributed by atoms with Crippen LogP contribution < -0.4 is 5.32 Å². The van der Waals surface area contributed by atoms with Crippen molar-refractivity contribution in [1.29, 1.82) is 0 Å². The van der Waals surface area contributed by atoms with E-state index in [1.54, 1.807) is 12.1 Å². The van der Waals surface area contributed by atoms with Crippen molar-refractivity contribution >= 4 is 33.5 Å². The minimum Gasteiger partial charge on any atom is -0.452 e. The molecule has 0 aliphatic carbocycles. The maximum atomic E-state index is 12.5. The van der Waals surface area contributed by atoms with Gasteiger partial charge in [0.15, 0.2) is 6.61 Å². The fourth-order valence-electron chi connectivity index (χ4n) is 2.74. The molecule has 0 heterocycles. The third-order valence-corrected chi connectivity index (χ3v) is 5.20. The largest absolute Gasteiger partial charge is 0.452 e. The first-order valence-corrected chi connectivity index (χ1v) is 8.81. The Labute approximate surface area is 156 Å². The third kappa shape index (κ3) is 4.28. The van der Waals surface area contributed by atoms with Crippen LogP contribution in [0.2, 0.25) is 0 Å². The molecule has 0 unspecified atom stereocenters. The Morgan fingerprint density at radius 1 is 0.880 bits per heavy atom. The first-order valence-electron chi connectivity index (χ1n) is 8.01. The molecule has 4 nitrogen and oxygen atoms in total. The van der Waals surface area contributed by atoms with E-state index in [0.717, 1.165) is 26.7 Å². The minimum atomic E-state index is -0.466. The zero-order valence-corrected chi connectivity index (χ0v) is 16.7. The zero-order valence-electron chi connectivity index (χ0n) is 15.1. The Morgan fingerprint density at radius 3 is 1.88 bits per heavy atom. The first kappa shape index (κ1) is 19.2. The van der Waals surface area contributed by atoms with Crippen LogP contribution in [-0.4, -0.2) is 18.5 Å². The van der Waals surface area contributed by atoms with E-state index in [9.17, 15) is 9.59 Å². The summed E-state index contributed by atoms with van der Waals surface area (Å²) in [5, 5.41) is 2.70. The number of carbonyl (C=O) groups is 2. The number of rotatable bonds is 4. The molecule has 0 aromatic heterocycles. The number of carbonyl (C=O) groups excluding carboxylic acids is 2. The quantitative estimate of drug-likeness (QED) is 0.746. The molecule has 0 radical (unpaired) electrons. The van der Waals surface area contributed by atoms with Gasteiger partial charge in [-0.15, -0.1) is 0 Å². The molecule has 1 N–H and O–H groups in total. The third-order valence-electron chi connectivity index (χ3n) is 4.67. The van der Waals surface area contributed by atoms with E-state index < -0.39 is 5.97 Å². The van der Waals surface area contributed by atoms with Gasteiger partial charge in [0.25, 0.3) is 5.91 Å². The van der Waals surface area contributed by atoms with E-state index in [1.807, 2.05) is 46.8 Å². The average molecular weight is 404 g/mol. The van der Waals surface area contributed by atoms with Gasteiger partial charge in [0.1, 0.15) is 0 Å². The highest BCUT2D eigenvalue weighted by Gasteiger charge is 2.20. The molecule has 132 valence electrons. The second-order valence-corrected chi connectivity index (χ2v) is 7.05. The summed E-state index contributed by atoms with van der Waals surface area (Å²) >= 11 is 3.34. The number of esters is 1. The molecular formula is C20H22BrNO3. The standard InChI is InChI=1S/C20H22BrNO3/c1-11-12(2)14(4)19(15(5)13(11)3)20(24)25-10-18(23)22-17-8-6-16(21)7-9-17/h6-9H,10H2,1-5H3,(H,22,23). The van der Waals surface area contributed by atoms with E-state index in [0.29, 0.717) is 11.3 Å². The smallest absolute Gasteiger partial charge is 0.339 e. The van der Waals surface area contributed by atoms with Crippen molar-refractivity contribution in [2.45, 2.75) is 34.6 Å². The van der Waals surface area contributed by atoms with Gasteiger partial charge in [-0.1, -0.05) is 15.9 Å². The molecular weight excluding hydrogens is 382 g/mol. The lowest BCUT2D eigenvalue weighted by molar-refractivity contribution is -0.119. The van der Waals surface area contributed by atoms with Gasteiger partial charge in [-0.25, -0.2) is 4.79 Å². The molecule has 0 saturated carbocycles. The number of anilines is 1. The predicted molar refractivity (Wildman–Crippen MR) is 103 cm³/mol. The van der Waals surface area contributed by atoms with Gasteiger partial charge in [-0.05, 0) is 86.7 Å². The van der Waals surface area contributed by atoms with Crippen LogP contribution in [0.3, 0.4) is 0 Å². The molecule has 2 aromatic rings. The summed E-state index contributed by atoms with van der Waals surface area (Å²) in [6, 6.07) is 7.19. The minimum absolute atomic E-state index is 0.320. The summed E-state index contributed by atoms with van der Waals surface area (Å²) in [5.41, 5.74) is 6.34. The van der Waals surface area contributed by atoms with Crippen LogP contribution in [0, 0.1) is 34.6 Å². The van der Waals surface area contributed by atoms with Crippen LogP contribution in [0.4, 0.5) is 5.69 Å². The van der Waals surface area contributed by atoms with Crippen LogP contribution in [0.5, 0.6) is 0 Å². The van der Waals surface area contributed by atoms with Crippen LogP contribution in [-0.2, 0) is 9.53 Å². The second-order valence-electron chi connectivity index (χ2n) is 6.13. The molecule has 0 aliphatic rings. The molecule has 0 bridgehead atoms. The molecule has 0 aliphatic heterocycles. The summed E-state index contributed by atoms with van der Waals surface area (Å²) in [6.45, 7) is 9.54. The lowest BCUT2D eigenvalue weighted by Gasteiger charge is -2.17. The number of benzene rings is 2. The summed E-state index contributed by atoms with van der Waals surface area (Å²) in [7, 11) is 0. The van der Waals surface area contributed by atoms with Gasteiger partial charge < -0.3 is 10.1 Å². The highest BCUT2D eigenvalue weighted by atomic mass is 79.9. The maximum Gasteiger partial charge on any atom is 0.339 e. The summed E-state index contributed by atoms with van der Waals surface area (Å²) in [5.74, 6) is -0.835. The molecule has 1 amide bonds. The number of halogens is 1. The van der Waals surface area contributed by atoms with Crippen LogP contribution in [0.1, 0.15) is 38.2 Å². The Balaban J connectivity index is 2.08. The van der Waals surface area contributed by atoms with Crippen molar-refractivity contribution in [2.75, 3.05) is 11.9 Å². The number of hydrogen-bond acceptors (Lipinski definition) is 3. The van der Waals surface area contributed by atoms with Crippen LogP contribution >= 0.6 is 15.9 Å². The monoisotopic (exact) mass is 403 g/mol. The van der Waals surface area contributed by atoms with Crippen molar-refractivity contribution in [2.24, 2.45) is 0 Å². The molecule has 0 atom stereocenters. The van der Waals surface area contributed by atoms with Crippen molar-refractivity contribution in [3.05, 3.63) is 62.1 Å². The van der Waals surface area contributed by atoms with E-state index in [2.05, 4.69) is 21.2 Å². The van der Waals surface area contributed by atoms with Crippen molar-refractivity contribution in [1.82, 2.24) is 0 Å². The fourth-order valence-corrected chi connectivity index (χ4v) is 3.00. The Hall–Kier alpha value is -2.14. The Kier molecular flexibility index (Phi) is 6.01. The molecule has 5 heteroatoms. The average Bonchev–Trinajstić information content (AvgIpc) is 2.58. The molecule has 0 fully saturated rings. The molecule has 25 heavy (non-hydrogen) atoms. The van der Waals surface area contributed by atoms with Gasteiger partial charge >= 0.3 is 5.97 Å². The maximum absolute atomic E-state index is 12.5. The Morgan fingerprint density at radius 2 is 1.36 bits per heavy atom. The topological polar surface area (TPSA) is 55.4 Å². The normalized spacial score (nSPS) is 10.5. The van der Waals surface area contributed by atoms with Crippen LogP contribution in [0.15, 0.2) is 28.7 Å². The summed E-state index contributed by atoms with van der Waals surface area (Å²) in [4.78, 5) is 24.5. The summed E-state index contributed by atoms with van der Waals surface area (Å²) < 4.78 is 6.16. The van der Waals surface area contributed by atoms with Crippen molar-refractivity contribution in [3.63, 3.8) is 0 Å². The molecule has 2 aromatic carbocycles. The van der Waals surface area contributed by atoms with Gasteiger partial charge in [0.2, 0.25) is 0 Å². The van der Waals surface area contributed by atoms with Gasteiger partial charge in [0.05, 0.1) is 5.56 Å². The summed E-state index contributed by atoms with van der Waals surface area (Å²) in [6.07, 6.45) is 0. The predicted octanol–water partition coefficient (Wildman–Crippen LogP) is 4.79. The molecule has 2 rings (SSSR count). The number of nitrogens with one attached hydrogen (secondary N) is 1. The lowest BCUT2D eigenvalue weighted by atomic mass is 9.90. The van der Waals surface area contributed by atoms with Gasteiger partial charge in [0, 0.05) is 10.2 Å². The van der Waals surface area contributed by atoms with E-state index in [-0.39, 0.29) is 12.5 Å². The van der Waals surface area contributed by atoms with Gasteiger partial charge in [-0.3, -0.25) is 4.79 Å².